The summed E-state index contributed by atoms with van der Waals surface area (Å²) < 4.78 is 5.64. The number of benzene rings is 1. The highest BCUT2D eigenvalue weighted by atomic mass is 16.5. The van der Waals surface area contributed by atoms with Crippen molar-refractivity contribution in [2.24, 2.45) is 0 Å². The van der Waals surface area contributed by atoms with Crippen molar-refractivity contribution in [2.75, 3.05) is 0 Å². The second-order valence-electron chi connectivity index (χ2n) is 5.15. The minimum atomic E-state index is -1.08. The van der Waals surface area contributed by atoms with Gasteiger partial charge in [0.2, 0.25) is 5.88 Å². The van der Waals surface area contributed by atoms with Crippen LogP contribution in [0.2, 0.25) is 0 Å². The van der Waals surface area contributed by atoms with E-state index in [0.29, 0.717) is 17.5 Å². The first-order valence-electron chi connectivity index (χ1n) is 7.07. The van der Waals surface area contributed by atoms with Gasteiger partial charge in [-0.25, -0.2) is 9.78 Å². The molecule has 3 rings (SSSR count). The Hall–Kier alpha value is -2.43. The van der Waals surface area contributed by atoms with Gasteiger partial charge >= 0.3 is 5.97 Å². The van der Waals surface area contributed by atoms with Crippen molar-refractivity contribution >= 4 is 5.97 Å². The maximum atomic E-state index is 11.3. The molecule has 2 aromatic rings. The van der Waals surface area contributed by atoms with E-state index in [1.54, 1.807) is 12.1 Å². The van der Waals surface area contributed by atoms with Crippen LogP contribution in [-0.2, 0) is 0 Å². The van der Waals surface area contributed by atoms with E-state index < -0.39 is 5.97 Å². The second kappa shape index (κ2) is 5.91. The lowest BCUT2D eigenvalue weighted by atomic mass is 10.1. The summed E-state index contributed by atoms with van der Waals surface area (Å²) in [6, 6.07) is 9.06. The molecule has 1 heterocycles. The molecule has 0 amide bonds. The number of aromatic carboxylic acids is 1. The highest BCUT2D eigenvalue weighted by Gasteiger charge is 2.23. The largest absolute Gasteiger partial charge is 0.477 e. The Morgan fingerprint density at radius 1 is 1.19 bits per heavy atom. The number of hydrogen-bond acceptors (Lipinski definition) is 4. The zero-order valence-corrected chi connectivity index (χ0v) is 11.5. The molecule has 0 atom stereocenters. The molecule has 0 spiro atoms. The molecule has 5 nitrogen and oxygen atoms in total. The minimum absolute atomic E-state index is 0.0133. The molecular formula is C16H16N2O3. The number of carboxylic acid groups (broad SMARTS) is 1. The van der Waals surface area contributed by atoms with E-state index in [1.165, 1.54) is 19.0 Å². The normalized spacial score (nSPS) is 15.0. The van der Waals surface area contributed by atoms with E-state index in [2.05, 4.69) is 9.97 Å². The van der Waals surface area contributed by atoms with Crippen LogP contribution in [0, 0.1) is 0 Å². The lowest BCUT2D eigenvalue weighted by molar-refractivity contribution is 0.0692. The van der Waals surface area contributed by atoms with Crippen LogP contribution in [0.15, 0.2) is 36.5 Å². The van der Waals surface area contributed by atoms with Crippen molar-refractivity contribution in [3.05, 3.63) is 47.9 Å². The smallest absolute Gasteiger partial charge is 0.342 e. The highest BCUT2D eigenvalue weighted by Crippen LogP contribution is 2.33. The number of hydrogen-bond donors (Lipinski definition) is 1. The van der Waals surface area contributed by atoms with Crippen LogP contribution in [0.25, 0.3) is 0 Å². The summed E-state index contributed by atoms with van der Waals surface area (Å²) >= 11 is 0. The summed E-state index contributed by atoms with van der Waals surface area (Å²) in [6.45, 7) is 0. The molecule has 1 fully saturated rings. The van der Waals surface area contributed by atoms with Gasteiger partial charge in [-0.3, -0.25) is 0 Å². The highest BCUT2D eigenvalue weighted by molar-refractivity contribution is 5.89. The Morgan fingerprint density at radius 2 is 1.90 bits per heavy atom. The van der Waals surface area contributed by atoms with Crippen molar-refractivity contribution in [1.82, 2.24) is 9.97 Å². The zero-order valence-electron chi connectivity index (χ0n) is 11.5. The van der Waals surface area contributed by atoms with Crippen molar-refractivity contribution in [3.8, 4) is 11.6 Å². The van der Waals surface area contributed by atoms with Crippen LogP contribution in [0.5, 0.6) is 11.6 Å². The minimum Gasteiger partial charge on any atom is -0.477 e. The van der Waals surface area contributed by atoms with E-state index in [1.807, 2.05) is 18.2 Å². The van der Waals surface area contributed by atoms with Gasteiger partial charge in [0.05, 0.1) is 0 Å². The van der Waals surface area contributed by atoms with Gasteiger partial charge < -0.3 is 9.84 Å². The topological polar surface area (TPSA) is 72.3 Å². The maximum absolute atomic E-state index is 11.3. The monoisotopic (exact) mass is 284 g/mol. The molecule has 1 N–H and O–H groups in total. The number of aromatic nitrogens is 2. The number of carboxylic acids is 1. The van der Waals surface area contributed by atoms with Gasteiger partial charge in [-0.05, 0) is 25.0 Å². The van der Waals surface area contributed by atoms with Gasteiger partial charge in [0.1, 0.15) is 17.1 Å². The van der Waals surface area contributed by atoms with E-state index in [0.717, 1.165) is 12.8 Å². The average molecular weight is 284 g/mol. The zero-order chi connectivity index (χ0) is 14.7. The van der Waals surface area contributed by atoms with E-state index in [-0.39, 0.29) is 11.4 Å². The molecule has 1 aromatic carbocycles. The summed E-state index contributed by atoms with van der Waals surface area (Å²) in [4.78, 5) is 19.9. The van der Waals surface area contributed by atoms with Crippen LogP contribution < -0.4 is 4.74 Å². The van der Waals surface area contributed by atoms with E-state index in [4.69, 9.17) is 4.74 Å². The van der Waals surface area contributed by atoms with Crippen molar-refractivity contribution in [1.29, 1.82) is 0 Å². The standard InChI is InChI=1S/C16H16N2O3/c19-16(20)13-10-17-14(11-6-4-5-7-11)18-15(13)21-12-8-2-1-3-9-12/h1-3,8-11H,4-7H2,(H,19,20). The van der Waals surface area contributed by atoms with Gasteiger partial charge in [-0.2, -0.15) is 4.98 Å². The Bertz CT molecular complexity index is 637. The molecular weight excluding hydrogens is 268 g/mol. The second-order valence-corrected chi connectivity index (χ2v) is 5.15. The molecule has 1 aromatic heterocycles. The first-order chi connectivity index (χ1) is 10.2. The number of rotatable bonds is 4. The summed E-state index contributed by atoms with van der Waals surface area (Å²) in [5.74, 6) is 0.593. The Balaban J connectivity index is 1.94. The van der Waals surface area contributed by atoms with Gasteiger partial charge in [-0.1, -0.05) is 31.0 Å². The predicted molar refractivity (Wildman–Crippen MR) is 76.7 cm³/mol. The number of para-hydroxylation sites is 1. The summed E-state index contributed by atoms with van der Waals surface area (Å²) in [5.41, 5.74) is -0.0133. The maximum Gasteiger partial charge on any atom is 0.342 e. The summed E-state index contributed by atoms with van der Waals surface area (Å²) in [7, 11) is 0. The van der Waals surface area contributed by atoms with Crippen LogP contribution >= 0.6 is 0 Å². The molecule has 1 saturated carbocycles. The third-order valence-electron chi connectivity index (χ3n) is 3.68. The molecule has 0 bridgehead atoms. The Labute approximate surface area is 122 Å². The molecule has 0 unspecified atom stereocenters. The Morgan fingerprint density at radius 3 is 2.57 bits per heavy atom. The molecule has 108 valence electrons. The molecule has 5 heteroatoms. The fraction of sp³-hybridized carbons (Fsp3) is 0.312. The van der Waals surface area contributed by atoms with Crippen LogP contribution in [-0.4, -0.2) is 21.0 Å². The van der Waals surface area contributed by atoms with Crippen molar-refractivity contribution in [2.45, 2.75) is 31.6 Å². The molecule has 1 aliphatic carbocycles. The van der Waals surface area contributed by atoms with Crippen LogP contribution in [0.1, 0.15) is 47.8 Å². The number of ether oxygens (including phenoxy) is 1. The SMILES string of the molecule is O=C(O)c1cnc(C2CCCC2)nc1Oc1ccccc1. The quantitative estimate of drug-likeness (QED) is 0.928. The number of carbonyl (C=O) groups is 1. The van der Waals surface area contributed by atoms with Gasteiger partial charge in [-0.15, -0.1) is 0 Å². The van der Waals surface area contributed by atoms with Gasteiger partial charge in [0, 0.05) is 12.1 Å². The average Bonchev–Trinajstić information content (AvgIpc) is 3.02. The number of nitrogens with zero attached hydrogens (tertiary/aromatic N) is 2. The summed E-state index contributed by atoms with van der Waals surface area (Å²) in [6.07, 6.45) is 5.79. The molecule has 21 heavy (non-hydrogen) atoms. The third-order valence-corrected chi connectivity index (χ3v) is 3.68. The predicted octanol–water partition coefficient (Wildman–Crippen LogP) is 3.62. The first kappa shape index (κ1) is 13.5. The van der Waals surface area contributed by atoms with Gasteiger partial charge in [0.15, 0.2) is 0 Å². The third kappa shape index (κ3) is 3.02. The summed E-state index contributed by atoms with van der Waals surface area (Å²) in [5, 5.41) is 9.24. The molecule has 0 radical (unpaired) electrons. The fourth-order valence-corrected chi connectivity index (χ4v) is 2.58. The van der Waals surface area contributed by atoms with Crippen LogP contribution in [0.4, 0.5) is 0 Å². The molecule has 0 aliphatic heterocycles. The van der Waals surface area contributed by atoms with Crippen LogP contribution in [0.3, 0.4) is 0 Å². The lowest BCUT2D eigenvalue weighted by Gasteiger charge is -2.12. The fourth-order valence-electron chi connectivity index (χ4n) is 2.58. The molecule has 1 aliphatic rings. The van der Waals surface area contributed by atoms with E-state index >= 15 is 0 Å². The van der Waals surface area contributed by atoms with Crippen molar-refractivity contribution in [3.63, 3.8) is 0 Å². The van der Waals surface area contributed by atoms with E-state index in [9.17, 15) is 9.90 Å². The van der Waals surface area contributed by atoms with Crippen molar-refractivity contribution < 1.29 is 14.6 Å². The lowest BCUT2D eigenvalue weighted by Crippen LogP contribution is -2.08. The van der Waals surface area contributed by atoms with Gasteiger partial charge in [0.25, 0.3) is 0 Å². The molecule has 0 saturated heterocycles. The first-order valence-corrected chi connectivity index (χ1v) is 7.07. The Kier molecular flexibility index (Phi) is 3.81.